The molecule has 11 heteroatoms. The average molecular weight is 490 g/mol. The molecule has 180 valence electrons. The van der Waals surface area contributed by atoms with Crippen LogP contribution in [-0.2, 0) is 19.6 Å². The van der Waals surface area contributed by atoms with E-state index in [9.17, 15) is 18.4 Å². The normalized spacial score (nSPS) is 15.4. The molecular weight excluding hydrogens is 458 g/mol. The van der Waals surface area contributed by atoms with Crippen LogP contribution in [-0.4, -0.2) is 80.8 Å². The van der Waals surface area contributed by atoms with Crippen LogP contribution in [0.2, 0.25) is 0 Å². The highest BCUT2D eigenvalue weighted by Gasteiger charge is 2.38. The molecule has 1 amide bonds. The Morgan fingerprint density at radius 2 is 1.91 bits per heavy atom. The molecule has 9 nitrogen and oxygen atoms in total. The van der Waals surface area contributed by atoms with Crippen molar-refractivity contribution in [2.45, 2.75) is 31.7 Å². The highest BCUT2D eigenvalue weighted by atomic mass is 35.5. The van der Waals surface area contributed by atoms with E-state index in [0.717, 1.165) is 4.31 Å². The van der Waals surface area contributed by atoms with Crippen molar-refractivity contribution >= 4 is 28.3 Å². The zero-order valence-electron chi connectivity index (χ0n) is 18.6. The summed E-state index contributed by atoms with van der Waals surface area (Å²) in [4.78, 5) is 14.5. The van der Waals surface area contributed by atoms with Gasteiger partial charge in [-0.25, -0.2) is 13.9 Å². The first-order chi connectivity index (χ1) is 14.8. The second-order valence-corrected chi connectivity index (χ2v) is 9.31. The Hall–Kier alpha value is -1.87. The Balaban J connectivity index is 0.00000512. The monoisotopic (exact) mass is 489 g/mol. The molecular formula is C21H32ClN3O6S. The lowest BCUT2D eigenvalue weighted by Crippen LogP contribution is -2.54. The van der Waals surface area contributed by atoms with E-state index < -0.39 is 22.0 Å². The third kappa shape index (κ3) is 7.62. The number of amides is 1. The van der Waals surface area contributed by atoms with Crippen LogP contribution in [0, 0.1) is 17.8 Å². The minimum absolute atomic E-state index is 0. The molecule has 0 radical (unpaired) electrons. The van der Waals surface area contributed by atoms with Crippen LogP contribution >= 0.6 is 12.4 Å². The van der Waals surface area contributed by atoms with Gasteiger partial charge < -0.3 is 9.47 Å². The molecule has 32 heavy (non-hydrogen) atoms. The average Bonchev–Trinajstić information content (AvgIpc) is 2.77. The molecule has 1 unspecified atom stereocenters. The van der Waals surface area contributed by atoms with Gasteiger partial charge in [0.1, 0.15) is 18.4 Å². The number of ether oxygens (including phenoxy) is 2. The highest BCUT2D eigenvalue weighted by Crippen LogP contribution is 2.24. The van der Waals surface area contributed by atoms with E-state index in [2.05, 4.69) is 16.7 Å². The molecule has 1 atom stereocenters. The van der Waals surface area contributed by atoms with Crippen LogP contribution < -0.4 is 10.2 Å². The van der Waals surface area contributed by atoms with Crippen LogP contribution in [0.25, 0.3) is 0 Å². The largest absolute Gasteiger partial charge is 0.481 e. The van der Waals surface area contributed by atoms with Crippen molar-refractivity contribution in [2.24, 2.45) is 5.92 Å². The Morgan fingerprint density at radius 1 is 1.28 bits per heavy atom. The molecule has 1 aliphatic rings. The zero-order chi connectivity index (χ0) is 22.9. The van der Waals surface area contributed by atoms with Crippen molar-refractivity contribution in [2.75, 3.05) is 46.0 Å². The second kappa shape index (κ2) is 13.6. The molecule has 0 spiro atoms. The lowest BCUT2D eigenvalue weighted by molar-refractivity contribution is -0.134. The Morgan fingerprint density at radius 3 is 2.44 bits per heavy atom. The number of carbonyl (C=O) groups excluding carboxylic acids is 1. The fourth-order valence-corrected chi connectivity index (χ4v) is 5.05. The first kappa shape index (κ1) is 28.2. The molecule has 0 saturated carbocycles. The van der Waals surface area contributed by atoms with Gasteiger partial charge in [-0.3, -0.25) is 14.9 Å². The van der Waals surface area contributed by atoms with Gasteiger partial charge >= 0.3 is 0 Å². The molecule has 1 aromatic rings. The number of hydrogen-bond donors (Lipinski definition) is 2. The Kier molecular flexibility index (Phi) is 12.0. The number of carbonyl (C=O) groups is 1. The highest BCUT2D eigenvalue weighted by molar-refractivity contribution is 7.89. The number of hydroxylamine groups is 1. The third-order valence-electron chi connectivity index (χ3n) is 4.98. The number of sulfonamides is 1. The second-order valence-electron chi connectivity index (χ2n) is 7.42. The van der Waals surface area contributed by atoms with Gasteiger partial charge in [-0.1, -0.05) is 19.8 Å². The van der Waals surface area contributed by atoms with Crippen molar-refractivity contribution in [3.05, 3.63) is 24.3 Å². The number of nitrogens with zero attached hydrogens (tertiary/aromatic N) is 2. The smallest absolute Gasteiger partial charge is 0.262 e. The quantitative estimate of drug-likeness (QED) is 0.290. The maximum atomic E-state index is 13.5. The van der Waals surface area contributed by atoms with Crippen molar-refractivity contribution in [1.82, 2.24) is 14.7 Å². The summed E-state index contributed by atoms with van der Waals surface area (Å²) in [6, 6.07) is 4.94. The molecule has 1 aliphatic heterocycles. The lowest BCUT2D eigenvalue weighted by atomic mass is 10.0. The summed E-state index contributed by atoms with van der Waals surface area (Å²) in [7, 11) is -4.02. The first-order valence-electron chi connectivity index (χ1n) is 10.2. The topological polar surface area (TPSA) is 108 Å². The van der Waals surface area contributed by atoms with Crippen LogP contribution in [0.3, 0.4) is 0 Å². The molecule has 2 N–H and O–H groups in total. The van der Waals surface area contributed by atoms with Crippen LogP contribution in [0.4, 0.5) is 0 Å². The van der Waals surface area contributed by atoms with Gasteiger partial charge in [0.15, 0.2) is 0 Å². The summed E-state index contributed by atoms with van der Waals surface area (Å²) in [5.41, 5.74) is 1.61. The van der Waals surface area contributed by atoms with Gasteiger partial charge in [0, 0.05) is 26.2 Å². The minimum atomic E-state index is -4.02. The van der Waals surface area contributed by atoms with Crippen LogP contribution in [0.5, 0.6) is 5.75 Å². The van der Waals surface area contributed by atoms with E-state index in [-0.39, 0.29) is 36.4 Å². The molecule has 1 saturated heterocycles. The van der Waals surface area contributed by atoms with Gasteiger partial charge in [0.05, 0.1) is 18.1 Å². The van der Waals surface area contributed by atoms with Crippen molar-refractivity contribution in [3.8, 4) is 17.6 Å². The van der Waals surface area contributed by atoms with Gasteiger partial charge in [-0.15, -0.1) is 18.3 Å². The van der Waals surface area contributed by atoms with Crippen LogP contribution in [0.1, 0.15) is 20.8 Å². The fourth-order valence-electron chi connectivity index (χ4n) is 3.34. The summed E-state index contributed by atoms with van der Waals surface area (Å²) >= 11 is 0. The fraction of sp³-hybridized carbons (Fsp3) is 0.571. The van der Waals surface area contributed by atoms with Gasteiger partial charge in [-0.2, -0.15) is 4.31 Å². The number of nitrogens with one attached hydrogen (secondary N) is 1. The van der Waals surface area contributed by atoms with E-state index in [1.165, 1.54) is 12.1 Å². The molecule has 1 fully saturated rings. The Labute approximate surface area is 196 Å². The molecule has 1 heterocycles. The van der Waals surface area contributed by atoms with Gasteiger partial charge in [0.2, 0.25) is 10.0 Å². The number of benzene rings is 1. The van der Waals surface area contributed by atoms with E-state index in [1.54, 1.807) is 38.4 Å². The minimum Gasteiger partial charge on any atom is -0.481 e. The van der Waals surface area contributed by atoms with E-state index in [4.69, 9.17) is 9.47 Å². The van der Waals surface area contributed by atoms with E-state index in [1.807, 2.05) is 0 Å². The summed E-state index contributed by atoms with van der Waals surface area (Å²) in [6.07, 6.45) is 0. The zero-order valence-corrected chi connectivity index (χ0v) is 20.2. The summed E-state index contributed by atoms with van der Waals surface area (Å²) in [5.74, 6) is 4.87. The SMILES string of the molecule is CC#CCOc1ccc(S(=O)(=O)N(CCN2CCOCC2)C(C(=O)NO)C(C)C)cc1.Cl. The number of hydrogen-bond acceptors (Lipinski definition) is 7. The van der Waals surface area contributed by atoms with Crippen molar-refractivity contribution in [1.29, 1.82) is 0 Å². The Bertz CT molecular complexity index is 877. The first-order valence-corrected chi connectivity index (χ1v) is 11.6. The number of rotatable bonds is 10. The standard InChI is InChI=1S/C21H31N3O6S.ClH/c1-4-5-14-30-18-6-8-19(9-7-18)31(27,28)24(20(17(2)3)21(25)22-26)11-10-23-12-15-29-16-13-23;/h6-9,17,20,26H,10-16H2,1-3H3,(H,22,25);1H. The van der Waals surface area contributed by atoms with Gasteiger partial charge in [-0.05, 0) is 37.1 Å². The maximum Gasteiger partial charge on any atom is 0.262 e. The predicted molar refractivity (Wildman–Crippen MR) is 122 cm³/mol. The van der Waals surface area contributed by atoms with Gasteiger partial charge in [0.25, 0.3) is 5.91 Å². The van der Waals surface area contributed by atoms with Crippen LogP contribution in [0.15, 0.2) is 29.2 Å². The summed E-state index contributed by atoms with van der Waals surface area (Å²) < 4.78 is 39.0. The predicted octanol–water partition coefficient (Wildman–Crippen LogP) is 1.36. The number of halogens is 1. The van der Waals surface area contributed by atoms with E-state index >= 15 is 0 Å². The third-order valence-corrected chi connectivity index (χ3v) is 6.87. The lowest BCUT2D eigenvalue weighted by Gasteiger charge is -2.34. The molecule has 1 aromatic carbocycles. The molecule has 0 aliphatic carbocycles. The van der Waals surface area contributed by atoms with E-state index in [0.29, 0.717) is 38.6 Å². The summed E-state index contributed by atoms with van der Waals surface area (Å²) in [5, 5.41) is 9.22. The van der Waals surface area contributed by atoms with Crippen molar-refractivity contribution < 1.29 is 27.9 Å². The van der Waals surface area contributed by atoms with Crippen molar-refractivity contribution in [3.63, 3.8) is 0 Å². The number of morpholine rings is 1. The summed E-state index contributed by atoms with van der Waals surface area (Å²) in [6.45, 7) is 8.50. The molecule has 2 rings (SSSR count). The molecule has 0 aromatic heterocycles. The molecule has 0 bridgehead atoms. The maximum absolute atomic E-state index is 13.5.